The summed E-state index contributed by atoms with van der Waals surface area (Å²) < 4.78 is 0. The van der Waals surface area contributed by atoms with Gasteiger partial charge in [-0.05, 0) is 12.8 Å². The molecule has 0 spiro atoms. The van der Waals surface area contributed by atoms with Crippen molar-refractivity contribution in [2.24, 2.45) is 0 Å². The van der Waals surface area contributed by atoms with Gasteiger partial charge in [-0.25, -0.2) is 0 Å². The predicted octanol–water partition coefficient (Wildman–Crippen LogP) is 2.63. The van der Waals surface area contributed by atoms with Gasteiger partial charge in [0.05, 0.1) is 0 Å². The second kappa shape index (κ2) is 7.42. The molecule has 0 saturated heterocycles. The number of halogens is 1. The minimum atomic E-state index is -0.00845. The van der Waals surface area contributed by atoms with Crippen LogP contribution < -0.4 is 0 Å². The van der Waals surface area contributed by atoms with Crippen LogP contribution in [0.2, 0.25) is 0 Å². The number of hydrogen-bond acceptors (Lipinski definition) is 1. The average molecular weight is 181 g/mol. The van der Waals surface area contributed by atoms with Crippen LogP contribution in [0.4, 0.5) is 0 Å². The van der Waals surface area contributed by atoms with Gasteiger partial charge in [0.25, 0.3) is 0 Å². The maximum Gasteiger partial charge on any atom is 0.185 e. The van der Waals surface area contributed by atoms with E-state index in [-0.39, 0.29) is 5.12 Å². The zero-order valence-corrected chi connectivity index (χ0v) is 7.63. The first-order valence-corrected chi connectivity index (χ1v) is 4.53. The lowest BCUT2D eigenvalue weighted by Crippen LogP contribution is -1.86. The molecule has 0 radical (unpaired) electrons. The van der Waals surface area contributed by atoms with Crippen LogP contribution in [0.1, 0.15) is 32.1 Å². The minimum Gasteiger partial charge on any atom is -0.288 e. The Morgan fingerprint density at radius 3 is 2.30 bits per heavy atom. The number of rotatable bonds is 6. The van der Waals surface area contributed by atoms with Crippen molar-refractivity contribution in [2.75, 3.05) is 5.88 Å². The van der Waals surface area contributed by atoms with Crippen molar-refractivity contribution in [1.29, 1.82) is 0 Å². The first-order chi connectivity index (χ1) is 4.77. The van der Waals surface area contributed by atoms with Gasteiger partial charge in [0.1, 0.15) is 0 Å². The third kappa shape index (κ3) is 8.31. The molecular weight excluding hydrogens is 168 g/mol. The van der Waals surface area contributed by atoms with Crippen molar-refractivity contribution in [1.82, 2.24) is 0 Å². The Kier molecular flexibility index (Phi) is 7.65. The van der Waals surface area contributed by atoms with Gasteiger partial charge in [-0.1, -0.05) is 12.8 Å². The Balaban J connectivity index is 2.84. The molecule has 0 N–H and O–H groups in total. The van der Waals surface area contributed by atoms with E-state index in [0.717, 1.165) is 31.6 Å². The smallest absolute Gasteiger partial charge is 0.185 e. The highest BCUT2D eigenvalue weighted by Crippen LogP contribution is 2.04. The van der Waals surface area contributed by atoms with E-state index in [1.807, 2.05) is 0 Å². The molecule has 3 heteroatoms. The molecule has 0 aliphatic carbocycles. The summed E-state index contributed by atoms with van der Waals surface area (Å²) in [4.78, 5) is 10.3. The summed E-state index contributed by atoms with van der Waals surface area (Å²) in [6.07, 6.45) is 4.84. The van der Waals surface area contributed by atoms with Gasteiger partial charge in [-0.3, -0.25) is 4.79 Å². The molecule has 0 aliphatic heterocycles. The van der Waals surface area contributed by atoms with Gasteiger partial charge in [-0.2, -0.15) is 0 Å². The highest BCUT2D eigenvalue weighted by Gasteiger charge is 1.93. The standard InChI is InChI=1S/C7H13ClOS/c8-6-4-2-1-3-5-7(9)10/h1-6H2,(H,9,10). The van der Waals surface area contributed by atoms with Crippen molar-refractivity contribution in [3.8, 4) is 0 Å². The van der Waals surface area contributed by atoms with Crippen molar-refractivity contribution in [3.63, 3.8) is 0 Å². The molecule has 0 fully saturated rings. The summed E-state index contributed by atoms with van der Waals surface area (Å²) in [7, 11) is 0. The van der Waals surface area contributed by atoms with E-state index in [4.69, 9.17) is 11.6 Å². The van der Waals surface area contributed by atoms with Gasteiger partial charge in [0.15, 0.2) is 5.12 Å². The molecule has 0 aromatic rings. The predicted molar refractivity (Wildman–Crippen MR) is 47.8 cm³/mol. The van der Waals surface area contributed by atoms with E-state index < -0.39 is 0 Å². The Labute approximate surface area is 72.5 Å². The fraction of sp³-hybridized carbons (Fsp3) is 0.857. The molecular formula is C7H13ClOS. The van der Waals surface area contributed by atoms with Crippen LogP contribution in [0.3, 0.4) is 0 Å². The first kappa shape index (κ1) is 10.3. The third-order valence-corrected chi connectivity index (χ3v) is 1.77. The SMILES string of the molecule is O=C(S)CCCCCCCl. The van der Waals surface area contributed by atoms with Crippen LogP contribution in [0.5, 0.6) is 0 Å². The maximum absolute atomic E-state index is 10.3. The molecule has 0 heterocycles. The maximum atomic E-state index is 10.3. The Morgan fingerprint density at radius 1 is 1.20 bits per heavy atom. The molecule has 0 saturated carbocycles. The fourth-order valence-electron chi connectivity index (χ4n) is 0.724. The van der Waals surface area contributed by atoms with Crippen LogP contribution >= 0.6 is 24.2 Å². The number of hydrogen-bond donors (Lipinski definition) is 1. The Morgan fingerprint density at radius 2 is 1.80 bits per heavy atom. The van der Waals surface area contributed by atoms with Gasteiger partial charge in [-0.15, -0.1) is 24.2 Å². The van der Waals surface area contributed by atoms with Gasteiger partial charge >= 0.3 is 0 Å². The van der Waals surface area contributed by atoms with Crippen molar-refractivity contribution >= 4 is 29.3 Å². The quantitative estimate of drug-likeness (QED) is 0.378. The van der Waals surface area contributed by atoms with E-state index in [1.54, 1.807) is 0 Å². The normalized spacial score (nSPS) is 9.80. The summed E-state index contributed by atoms with van der Waals surface area (Å²) >= 11 is 9.12. The zero-order chi connectivity index (χ0) is 7.82. The van der Waals surface area contributed by atoms with E-state index in [1.165, 1.54) is 0 Å². The van der Waals surface area contributed by atoms with Gasteiger partial charge in [0, 0.05) is 12.3 Å². The molecule has 60 valence electrons. The molecule has 0 amide bonds. The number of thiol groups is 1. The zero-order valence-electron chi connectivity index (χ0n) is 5.98. The first-order valence-electron chi connectivity index (χ1n) is 3.55. The van der Waals surface area contributed by atoms with Gasteiger partial charge < -0.3 is 0 Å². The van der Waals surface area contributed by atoms with E-state index in [9.17, 15) is 4.79 Å². The molecule has 0 unspecified atom stereocenters. The summed E-state index contributed by atoms with van der Waals surface area (Å²) in [5, 5.41) is -0.00845. The van der Waals surface area contributed by atoms with Crippen LogP contribution in [-0.2, 0) is 4.79 Å². The van der Waals surface area contributed by atoms with Crippen LogP contribution in [0.15, 0.2) is 0 Å². The second-order valence-electron chi connectivity index (χ2n) is 2.25. The molecule has 0 bridgehead atoms. The molecule has 0 atom stereocenters. The number of alkyl halides is 1. The number of carbonyl (C=O) groups is 1. The number of unbranched alkanes of at least 4 members (excludes halogenated alkanes) is 3. The highest BCUT2D eigenvalue weighted by atomic mass is 35.5. The van der Waals surface area contributed by atoms with E-state index >= 15 is 0 Å². The third-order valence-electron chi connectivity index (χ3n) is 1.27. The number of carbonyl (C=O) groups excluding carboxylic acids is 1. The summed E-state index contributed by atoms with van der Waals surface area (Å²) in [5.41, 5.74) is 0. The summed E-state index contributed by atoms with van der Waals surface area (Å²) in [6.45, 7) is 0. The van der Waals surface area contributed by atoms with Crippen LogP contribution in [-0.4, -0.2) is 11.0 Å². The van der Waals surface area contributed by atoms with Crippen molar-refractivity contribution < 1.29 is 4.79 Å². The second-order valence-corrected chi connectivity index (χ2v) is 3.12. The molecule has 0 rings (SSSR count). The summed E-state index contributed by atoms with van der Waals surface area (Å²) in [6, 6.07) is 0. The molecule has 0 aliphatic rings. The lowest BCUT2D eigenvalue weighted by Gasteiger charge is -1.94. The fourth-order valence-corrected chi connectivity index (χ4v) is 1.07. The Bertz CT molecular complexity index is 95.6. The monoisotopic (exact) mass is 180 g/mol. The topological polar surface area (TPSA) is 17.1 Å². The minimum absolute atomic E-state index is 0.00845. The lowest BCUT2D eigenvalue weighted by atomic mass is 10.2. The largest absolute Gasteiger partial charge is 0.288 e. The lowest BCUT2D eigenvalue weighted by molar-refractivity contribution is -0.110. The van der Waals surface area contributed by atoms with Crippen LogP contribution in [0.25, 0.3) is 0 Å². The van der Waals surface area contributed by atoms with Gasteiger partial charge in [0.2, 0.25) is 0 Å². The summed E-state index contributed by atoms with van der Waals surface area (Å²) in [5.74, 6) is 0.731. The molecule has 10 heavy (non-hydrogen) atoms. The average Bonchev–Trinajstić information content (AvgIpc) is 1.87. The van der Waals surface area contributed by atoms with Crippen LogP contribution in [0, 0.1) is 0 Å². The molecule has 1 nitrogen and oxygen atoms in total. The van der Waals surface area contributed by atoms with Crippen molar-refractivity contribution in [2.45, 2.75) is 32.1 Å². The molecule has 0 aromatic heterocycles. The van der Waals surface area contributed by atoms with E-state index in [2.05, 4.69) is 12.6 Å². The highest BCUT2D eigenvalue weighted by molar-refractivity contribution is 7.96. The van der Waals surface area contributed by atoms with E-state index in [0.29, 0.717) is 6.42 Å². The Hall–Kier alpha value is 0.310. The van der Waals surface area contributed by atoms with Crippen molar-refractivity contribution in [3.05, 3.63) is 0 Å². The molecule has 0 aromatic carbocycles.